The van der Waals surface area contributed by atoms with Crippen molar-refractivity contribution in [2.75, 3.05) is 24.6 Å². The van der Waals surface area contributed by atoms with Crippen LogP contribution in [0.3, 0.4) is 0 Å². The second-order valence-electron chi connectivity index (χ2n) is 8.15. The van der Waals surface area contributed by atoms with E-state index in [-0.39, 0.29) is 12.5 Å². The Balaban J connectivity index is 1.55. The first-order chi connectivity index (χ1) is 16.3. The van der Waals surface area contributed by atoms with Gasteiger partial charge < -0.3 is 20.4 Å². The van der Waals surface area contributed by atoms with Crippen LogP contribution in [0.2, 0.25) is 0 Å². The van der Waals surface area contributed by atoms with Crippen LogP contribution >= 0.6 is 0 Å². The van der Waals surface area contributed by atoms with Gasteiger partial charge in [-0.25, -0.2) is 4.98 Å². The van der Waals surface area contributed by atoms with Crippen LogP contribution in [0.25, 0.3) is 0 Å². The number of fused-ring (bicyclic) bond motifs is 1. The molecule has 0 saturated heterocycles. The van der Waals surface area contributed by atoms with Crippen molar-refractivity contribution in [3.05, 3.63) is 88.6 Å². The molecule has 0 radical (unpaired) electrons. The summed E-state index contributed by atoms with van der Waals surface area (Å²) in [6.45, 7) is 0.101. The fourth-order valence-electron chi connectivity index (χ4n) is 4.07. The van der Waals surface area contributed by atoms with Crippen molar-refractivity contribution in [2.24, 2.45) is 0 Å². The lowest BCUT2D eigenvalue weighted by molar-refractivity contribution is -0.137. The summed E-state index contributed by atoms with van der Waals surface area (Å²) in [5.41, 5.74) is 2.88. The zero-order valence-electron chi connectivity index (χ0n) is 18.2. The predicted octanol–water partition coefficient (Wildman–Crippen LogP) is 3.47. The smallest absolute Gasteiger partial charge is 0.394 e. The maximum atomic E-state index is 13.0. The summed E-state index contributed by atoms with van der Waals surface area (Å²) in [5.74, 6) is 0.314. The quantitative estimate of drug-likeness (QED) is 0.492. The Morgan fingerprint density at radius 2 is 1.88 bits per heavy atom. The molecular formula is C25H24F3N3O3. The van der Waals surface area contributed by atoms with Gasteiger partial charge in [0.15, 0.2) is 0 Å². The van der Waals surface area contributed by atoms with Crippen molar-refractivity contribution in [1.82, 2.24) is 10.3 Å². The Hall–Kier alpha value is -3.43. The van der Waals surface area contributed by atoms with E-state index in [1.807, 2.05) is 17.0 Å². The van der Waals surface area contributed by atoms with E-state index in [9.17, 15) is 23.1 Å². The summed E-state index contributed by atoms with van der Waals surface area (Å²) < 4.78 is 39.1. The Kier molecular flexibility index (Phi) is 6.85. The van der Waals surface area contributed by atoms with Crippen LogP contribution in [0.1, 0.15) is 32.6 Å². The zero-order chi connectivity index (χ0) is 24.3. The highest BCUT2D eigenvalue weighted by molar-refractivity contribution is 5.98. The van der Waals surface area contributed by atoms with Gasteiger partial charge in [0.1, 0.15) is 5.82 Å². The molecule has 0 fully saturated rings. The number of benzene rings is 2. The highest BCUT2D eigenvalue weighted by Gasteiger charge is 2.30. The van der Waals surface area contributed by atoms with Crippen LogP contribution < -0.4 is 10.2 Å². The van der Waals surface area contributed by atoms with Gasteiger partial charge >= 0.3 is 6.18 Å². The van der Waals surface area contributed by atoms with Gasteiger partial charge in [0.05, 0.1) is 18.3 Å². The number of nitrogens with zero attached hydrogens (tertiary/aromatic N) is 2. The molecule has 1 aliphatic heterocycles. The van der Waals surface area contributed by atoms with E-state index < -0.39 is 24.5 Å². The number of halogens is 3. The lowest BCUT2D eigenvalue weighted by Gasteiger charge is -2.19. The van der Waals surface area contributed by atoms with E-state index in [2.05, 4.69) is 10.3 Å². The largest absolute Gasteiger partial charge is 0.416 e. The number of rotatable bonds is 7. The molecular weight excluding hydrogens is 447 g/mol. The topological polar surface area (TPSA) is 85.7 Å². The summed E-state index contributed by atoms with van der Waals surface area (Å²) >= 11 is 0. The number of aliphatic hydroxyl groups is 2. The number of carbonyl (C=O) groups is 1. The van der Waals surface area contributed by atoms with Gasteiger partial charge in [-0.1, -0.05) is 24.3 Å². The molecule has 0 spiro atoms. The van der Waals surface area contributed by atoms with Crippen molar-refractivity contribution in [3.8, 4) is 0 Å². The summed E-state index contributed by atoms with van der Waals surface area (Å²) in [5, 5.41) is 21.0. The Morgan fingerprint density at radius 1 is 1.12 bits per heavy atom. The fourth-order valence-corrected chi connectivity index (χ4v) is 4.07. The van der Waals surface area contributed by atoms with Crippen molar-refractivity contribution >= 4 is 17.4 Å². The molecule has 34 heavy (non-hydrogen) atoms. The van der Waals surface area contributed by atoms with Crippen LogP contribution in [0.4, 0.5) is 24.7 Å². The van der Waals surface area contributed by atoms with Crippen LogP contribution in [-0.4, -0.2) is 46.9 Å². The molecule has 0 aliphatic carbocycles. The van der Waals surface area contributed by atoms with Crippen molar-refractivity contribution in [3.63, 3.8) is 0 Å². The number of aliphatic hydroxyl groups excluding tert-OH is 2. The Bertz CT molecular complexity index is 1180. The summed E-state index contributed by atoms with van der Waals surface area (Å²) in [6, 6.07) is 14.3. The Morgan fingerprint density at radius 3 is 2.65 bits per heavy atom. The van der Waals surface area contributed by atoms with Crippen LogP contribution in [0.5, 0.6) is 0 Å². The molecule has 0 bridgehead atoms. The number of nitrogens with one attached hydrogen (secondary N) is 1. The minimum atomic E-state index is -4.39. The summed E-state index contributed by atoms with van der Waals surface area (Å²) in [4.78, 5) is 19.0. The van der Waals surface area contributed by atoms with Crippen LogP contribution in [-0.2, 0) is 19.0 Å². The van der Waals surface area contributed by atoms with E-state index in [1.165, 1.54) is 6.07 Å². The first kappa shape index (κ1) is 23.7. The molecule has 2 heterocycles. The maximum absolute atomic E-state index is 13.0. The normalized spacial score (nSPS) is 14.1. The Labute approximate surface area is 194 Å². The average molecular weight is 471 g/mol. The van der Waals surface area contributed by atoms with Crippen LogP contribution in [0, 0.1) is 0 Å². The molecule has 1 aliphatic rings. The van der Waals surface area contributed by atoms with Gasteiger partial charge in [-0.2, -0.15) is 13.2 Å². The SMILES string of the molecule is O=C(NC[C@H](O)CO)c1cccc2c1CCN2c1cc(Cc2cccc(C(F)(F)F)c2)ccn1. The van der Waals surface area contributed by atoms with Crippen molar-refractivity contribution < 1.29 is 28.2 Å². The molecule has 3 N–H and O–H groups in total. The fraction of sp³-hybridized carbons (Fsp3) is 0.280. The highest BCUT2D eigenvalue weighted by atomic mass is 19.4. The first-order valence-electron chi connectivity index (χ1n) is 10.8. The van der Waals surface area contributed by atoms with E-state index in [0.717, 1.165) is 28.9 Å². The third-order valence-electron chi connectivity index (χ3n) is 5.73. The standard InChI is InChI=1S/C25H24F3N3O3/c26-25(27,28)18-4-1-3-16(12-18)11-17-7-9-29-23(13-17)31-10-8-20-21(5-2-6-22(20)31)24(34)30-14-19(33)15-32/h1-7,9,12-13,19,32-33H,8,10-11,14-15H2,(H,30,34)/t19-/m0/s1. The van der Waals surface area contributed by atoms with Gasteiger partial charge in [0.25, 0.3) is 5.91 Å². The minimum absolute atomic E-state index is 0.0537. The van der Waals surface area contributed by atoms with E-state index in [1.54, 1.807) is 30.5 Å². The number of hydrogen-bond donors (Lipinski definition) is 3. The molecule has 1 amide bonds. The molecule has 9 heteroatoms. The summed E-state index contributed by atoms with van der Waals surface area (Å²) in [6.07, 6.45) is -2.85. The maximum Gasteiger partial charge on any atom is 0.416 e. The van der Waals surface area contributed by atoms with Gasteiger partial charge in [0, 0.05) is 30.5 Å². The molecule has 1 aromatic heterocycles. The van der Waals surface area contributed by atoms with Gasteiger partial charge in [-0.15, -0.1) is 0 Å². The van der Waals surface area contributed by atoms with E-state index >= 15 is 0 Å². The molecule has 0 saturated carbocycles. The monoisotopic (exact) mass is 471 g/mol. The average Bonchev–Trinajstić information content (AvgIpc) is 3.26. The number of anilines is 2. The second-order valence-corrected chi connectivity index (χ2v) is 8.15. The third kappa shape index (κ3) is 5.21. The number of aromatic nitrogens is 1. The number of hydrogen-bond acceptors (Lipinski definition) is 5. The lowest BCUT2D eigenvalue weighted by Crippen LogP contribution is -2.34. The van der Waals surface area contributed by atoms with E-state index in [4.69, 9.17) is 5.11 Å². The number of pyridine rings is 1. The third-order valence-corrected chi connectivity index (χ3v) is 5.73. The van der Waals surface area contributed by atoms with E-state index in [0.29, 0.717) is 36.3 Å². The number of alkyl halides is 3. The highest BCUT2D eigenvalue weighted by Crippen LogP contribution is 2.36. The lowest BCUT2D eigenvalue weighted by atomic mass is 10.0. The number of amides is 1. The second kappa shape index (κ2) is 9.82. The van der Waals surface area contributed by atoms with Crippen LogP contribution in [0.15, 0.2) is 60.8 Å². The predicted molar refractivity (Wildman–Crippen MR) is 121 cm³/mol. The van der Waals surface area contributed by atoms with Crippen molar-refractivity contribution in [1.29, 1.82) is 0 Å². The molecule has 1 atom stereocenters. The molecule has 178 valence electrons. The molecule has 3 aromatic rings. The van der Waals surface area contributed by atoms with Crippen molar-refractivity contribution in [2.45, 2.75) is 25.1 Å². The zero-order valence-corrected chi connectivity index (χ0v) is 18.2. The van der Waals surface area contributed by atoms with Gasteiger partial charge in [0.2, 0.25) is 0 Å². The van der Waals surface area contributed by atoms with Gasteiger partial charge in [-0.05, 0) is 59.9 Å². The molecule has 4 rings (SSSR count). The molecule has 6 nitrogen and oxygen atoms in total. The molecule has 0 unspecified atom stereocenters. The minimum Gasteiger partial charge on any atom is -0.394 e. The van der Waals surface area contributed by atoms with Gasteiger partial charge in [-0.3, -0.25) is 4.79 Å². The summed E-state index contributed by atoms with van der Waals surface area (Å²) in [7, 11) is 0. The molecule has 2 aromatic carbocycles. The number of carbonyl (C=O) groups excluding carboxylic acids is 1. The first-order valence-corrected chi connectivity index (χ1v) is 10.8.